The molecule has 0 spiro atoms. The summed E-state index contributed by atoms with van der Waals surface area (Å²) in [6, 6.07) is -0.0425. The van der Waals surface area contributed by atoms with E-state index >= 15 is 0 Å². The first-order valence-electron chi connectivity index (χ1n) is 18.3. The van der Waals surface area contributed by atoms with E-state index in [0.29, 0.717) is 86.1 Å². The molecule has 0 saturated heterocycles. The molecule has 1 aromatic carbocycles. The van der Waals surface area contributed by atoms with Gasteiger partial charge in [-0.05, 0) is 57.8 Å². The highest BCUT2D eigenvalue weighted by Crippen LogP contribution is 2.26. The summed E-state index contributed by atoms with van der Waals surface area (Å²) in [6.07, 6.45) is 3.01. The Labute approximate surface area is 321 Å². The number of hydroxylamine groups is 6. The average Bonchev–Trinajstić information content (AvgIpc) is 3.16. The minimum absolute atomic E-state index is 0.0255. The number of carbonyl (C=O) groups excluding carboxylic acids is 7. The zero-order valence-corrected chi connectivity index (χ0v) is 31.4. The Morgan fingerprint density at radius 2 is 0.893 bits per heavy atom. The van der Waals surface area contributed by atoms with Crippen LogP contribution in [0.5, 0.6) is 5.75 Å². The smallest absolute Gasteiger partial charge is 0.311 e. The Bertz CT molecular complexity index is 1450. The predicted octanol–water partition coefficient (Wildman–Crippen LogP) is 3.02. The SMILES string of the molecule is CC(=O)N(O)CCCCCNC(=O)CCC(=O)N(O)CCCCCNC(=O)CCC(=O)N(O)CCCCCNC(=O)CCC(=O)Oc1c(F)c(F)cc(F)c1F. The maximum atomic E-state index is 13.6. The molecule has 0 atom stereocenters. The molecule has 0 unspecified atom stereocenters. The highest BCUT2D eigenvalue weighted by atomic mass is 19.2. The van der Waals surface area contributed by atoms with E-state index in [2.05, 4.69) is 20.7 Å². The first-order valence-corrected chi connectivity index (χ1v) is 18.3. The number of nitrogens with zero attached hydrogens (tertiary/aromatic N) is 3. The number of nitrogens with one attached hydrogen (secondary N) is 3. The van der Waals surface area contributed by atoms with E-state index in [-0.39, 0.29) is 63.8 Å². The highest BCUT2D eigenvalue weighted by Gasteiger charge is 2.23. The Hall–Kier alpha value is -4.89. The zero-order chi connectivity index (χ0) is 42.0. The van der Waals surface area contributed by atoms with Gasteiger partial charge in [0.1, 0.15) is 0 Å². The van der Waals surface area contributed by atoms with Crippen LogP contribution in [-0.2, 0) is 33.6 Å². The maximum absolute atomic E-state index is 13.6. The fourth-order valence-corrected chi connectivity index (χ4v) is 4.77. The van der Waals surface area contributed by atoms with Gasteiger partial charge in [0.25, 0.3) is 0 Å². The molecule has 0 aliphatic heterocycles. The number of benzene rings is 1. The third-order valence-electron chi connectivity index (χ3n) is 8.02. The number of carbonyl (C=O) groups is 7. The van der Waals surface area contributed by atoms with Crippen molar-refractivity contribution in [2.24, 2.45) is 0 Å². The second kappa shape index (κ2) is 27.7. The van der Waals surface area contributed by atoms with Crippen LogP contribution in [-0.4, -0.2) is 111 Å². The Kier molecular flexibility index (Phi) is 24.3. The molecule has 0 fully saturated rings. The van der Waals surface area contributed by atoms with Crippen LogP contribution in [0.25, 0.3) is 0 Å². The van der Waals surface area contributed by atoms with E-state index in [0.717, 1.165) is 0 Å². The fraction of sp³-hybridized carbons (Fsp3) is 0.629. The molecule has 316 valence electrons. The Morgan fingerprint density at radius 3 is 1.27 bits per heavy atom. The van der Waals surface area contributed by atoms with Crippen LogP contribution in [0.4, 0.5) is 17.6 Å². The fourth-order valence-electron chi connectivity index (χ4n) is 4.77. The molecule has 6 N–H and O–H groups in total. The van der Waals surface area contributed by atoms with E-state index in [4.69, 9.17) is 0 Å². The summed E-state index contributed by atoms with van der Waals surface area (Å²) in [6.45, 7) is 2.32. The van der Waals surface area contributed by atoms with Gasteiger partial charge in [0.05, 0.1) is 6.42 Å². The summed E-state index contributed by atoms with van der Waals surface area (Å²) >= 11 is 0. The second-order valence-electron chi connectivity index (χ2n) is 12.7. The molecule has 0 aliphatic carbocycles. The first kappa shape index (κ1) is 49.1. The summed E-state index contributed by atoms with van der Waals surface area (Å²) in [5.74, 6) is -13.1. The molecule has 0 saturated carbocycles. The molecule has 17 nitrogen and oxygen atoms in total. The number of unbranched alkanes of at least 4 members (excludes halogenated alkanes) is 6. The lowest BCUT2D eigenvalue weighted by atomic mass is 10.2. The van der Waals surface area contributed by atoms with Crippen molar-refractivity contribution in [3.8, 4) is 5.75 Å². The van der Waals surface area contributed by atoms with Crippen molar-refractivity contribution in [1.29, 1.82) is 0 Å². The van der Waals surface area contributed by atoms with Gasteiger partial charge in [0.15, 0.2) is 11.6 Å². The molecule has 1 rings (SSSR count). The molecule has 0 bridgehead atoms. The van der Waals surface area contributed by atoms with Crippen LogP contribution < -0.4 is 20.7 Å². The van der Waals surface area contributed by atoms with Crippen LogP contribution >= 0.6 is 0 Å². The molecule has 6 amide bonds. The molecule has 0 aromatic heterocycles. The van der Waals surface area contributed by atoms with Crippen molar-refractivity contribution in [3.05, 3.63) is 29.3 Å². The number of halogens is 4. The van der Waals surface area contributed by atoms with Crippen molar-refractivity contribution >= 4 is 41.4 Å². The second-order valence-corrected chi connectivity index (χ2v) is 12.7. The molecule has 0 heterocycles. The van der Waals surface area contributed by atoms with Gasteiger partial charge in [0.2, 0.25) is 52.8 Å². The number of rotatable bonds is 28. The normalized spacial score (nSPS) is 10.7. The maximum Gasteiger partial charge on any atom is 0.311 e. The quantitative estimate of drug-likeness (QED) is 0.0137. The zero-order valence-electron chi connectivity index (χ0n) is 31.4. The van der Waals surface area contributed by atoms with Gasteiger partial charge < -0.3 is 20.7 Å². The number of amides is 6. The van der Waals surface area contributed by atoms with Gasteiger partial charge >= 0.3 is 5.97 Å². The summed E-state index contributed by atoms with van der Waals surface area (Å²) < 4.78 is 58.0. The minimum atomic E-state index is -1.88. The lowest BCUT2D eigenvalue weighted by Crippen LogP contribution is -2.31. The largest absolute Gasteiger partial charge is 0.420 e. The predicted molar refractivity (Wildman–Crippen MR) is 186 cm³/mol. The number of hydrogen-bond acceptors (Lipinski definition) is 11. The lowest BCUT2D eigenvalue weighted by molar-refractivity contribution is -0.166. The van der Waals surface area contributed by atoms with Gasteiger partial charge in [-0.15, -0.1) is 0 Å². The third kappa shape index (κ3) is 21.3. The monoisotopic (exact) mass is 808 g/mol. The number of ether oxygens (including phenoxy) is 1. The number of esters is 1. The molecule has 0 radical (unpaired) electrons. The molecule has 0 aliphatic rings. The van der Waals surface area contributed by atoms with Gasteiger partial charge in [-0.25, -0.2) is 24.0 Å². The topological polar surface area (TPSA) is 235 Å². The van der Waals surface area contributed by atoms with Crippen molar-refractivity contribution in [2.75, 3.05) is 39.3 Å². The van der Waals surface area contributed by atoms with Gasteiger partial charge in [-0.3, -0.25) is 49.2 Å². The summed E-state index contributed by atoms with van der Waals surface area (Å²) in [5, 5.41) is 38.6. The standard InChI is InChI=1S/C35H52F4N6O11/c1-24(46)43(53)20-8-2-5-17-40-27(47)11-14-30(50)44(54)21-9-3-6-18-41-28(48)12-15-31(51)45(55)22-10-4-7-19-42-29(49)13-16-32(52)56-35-33(38)25(36)23-26(37)34(35)39/h23,53-55H,2-22H2,1H3,(H,40,47)(H,41,48)(H,42,49). The van der Waals surface area contributed by atoms with E-state index in [1.54, 1.807) is 0 Å². The van der Waals surface area contributed by atoms with Gasteiger partial charge in [-0.2, -0.15) is 8.78 Å². The highest BCUT2D eigenvalue weighted by molar-refractivity contribution is 5.84. The Balaban J connectivity index is 2.05. The molecule has 21 heteroatoms. The molecule has 56 heavy (non-hydrogen) atoms. The van der Waals surface area contributed by atoms with Crippen LogP contribution in [0, 0.1) is 23.3 Å². The molecular formula is C35H52F4N6O11. The van der Waals surface area contributed by atoms with Crippen molar-refractivity contribution in [1.82, 2.24) is 31.1 Å². The van der Waals surface area contributed by atoms with Crippen LogP contribution in [0.3, 0.4) is 0 Å². The first-order chi connectivity index (χ1) is 26.5. The van der Waals surface area contributed by atoms with E-state index < -0.39 is 77.4 Å². The van der Waals surface area contributed by atoms with Gasteiger partial charge in [-0.1, -0.05) is 0 Å². The lowest BCUT2D eigenvalue weighted by Gasteiger charge is -2.15. The summed E-state index contributed by atoms with van der Waals surface area (Å²) in [5.41, 5.74) is 0. The number of hydrogen-bond donors (Lipinski definition) is 6. The van der Waals surface area contributed by atoms with Gasteiger partial charge in [0, 0.05) is 84.4 Å². The van der Waals surface area contributed by atoms with E-state index in [9.17, 15) is 66.7 Å². The van der Waals surface area contributed by atoms with Crippen molar-refractivity contribution in [2.45, 2.75) is 103 Å². The van der Waals surface area contributed by atoms with Crippen LogP contribution in [0.1, 0.15) is 103 Å². The molecule has 1 aromatic rings. The summed E-state index contributed by atoms with van der Waals surface area (Å²) in [7, 11) is 0. The van der Waals surface area contributed by atoms with E-state index in [1.807, 2.05) is 0 Å². The van der Waals surface area contributed by atoms with Crippen molar-refractivity contribution < 1.29 is 71.5 Å². The molecular weight excluding hydrogens is 756 g/mol. The van der Waals surface area contributed by atoms with Crippen LogP contribution in [0.15, 0.2) is 6.07 Å². The van der Waals surface area contributed by atoms with Crippen molar-refractivity contribution in [3.63, 3.8) is 0 Å². The van der Waals surface area contributed by atoms with E-state index in [1.165, 1.54) is 6.92 Å². The minimum Gasteiger partial charge on any atom is -0.420 e. The van der Waals surface area contributed by atoms with Crippen LogP contribution in [0.2, 0.25) is 0 Å². The average molecular weight is 809 g/mol. The third-order valence-corrected chi connectivity index (χ3v) is 8.02. The summed E-state index contributed by atoms with van der Waals surface area (Å²) in [4.78, 5) is 82.8. The Morgan fingerprint density at radius 1 is 0.536 bits per heavy atom.